The minimum atomic E-state index is -4.90. The van der Waals surface area contributed by atoms with Gasteiger partial charge in [-0.15, -0.1) is 0 Å². The van der Waals surface area contributed by atoms with Gasteiger partial charge in [0.2, 0.25) is 0 Å². The lowest BCUT2D eigenvalue weighted by molar-refractivity contribution is 0.257. The van der Waals surface area contributed by atoms with Gasteiger partial charge in [0.05, 0.1) is 5.66 Å². The highest BCUT2D eigenvalue weighted by molar-refractivity contribution is 7.64. The molecule has 1 atom stereocenters. The van der Waals surface area contributed by atoms with Crippen molar-refractivity contribution in [1.29, 1.82) is 0 Å². The largest absolute Gasteiger partial charge is 0.476 e. The van der Waals surface area contributed by atoms with Crippen LogP contribution in [-0.4, -0.2) is 20.3 Å². The SMILES string of the molecule is CCCC(CCC)P(=O)(O)OP(=O)(O)O. The minimum Gasteiger partial charge on any atom is -0.324 e. The zero-order valence-electron chi connectivity index (χ0n) is 8.87. The second-order valence-electron chi connectivity index (χ2n) is 3.37. The monoisotopic (exact) mass is 260 g/mol. The van der Waals surface area contributed by atoms with Gasteiger partial charge in [0, 0.05) is 0 Å². The summed E-state index contributed by atoms with van der Waals surface area (Å²) < 4.78 is 26.0. The standard InChI is InChI=1S/C7H18O6P2/c1-3-5-7(6-4-2)14(8,9)13-15(10,11)12/h7H,3-6H2,1-2H3,(H,8,9)(H2,10,11,12). The lowest BCUT2D eigenvalue weighted by Crippen LogP contribution is -2.09. The van der Waals surface area contributed by atoms with Gasteiger partial charge in [-0.25, -0.2) is 8.88 Å². The van der Waals surface area contributed by atoms with Crippen molar-refractivity contribution in [3.05, 3.63) is 0 Å². The highest BCUT2D eigenvalue weighted by atomic mass is 31.3. The summed E-state index contributed by atoms with van der Waals surface area (Å²) in [6.45, 7) is 3.67. The van der Waals surface area contributed by atoms with Gasteiger partial charge in [-0.3, -0.25) is 4.57 Å². The Morgan fingerprint density at radius 3 is 1.73 bits per heavy atom. The van der Waals surface area contributed by atoms with E-state index in [0.29, 0.717) is 25.7 Å². The summed E-state index contributed by atoms with van der Waals surface area (Å²) in [6, 6.07) is 0. The van der Waals surface area contributed by atoms with Crippen molar-refractivity contribution >= 4 is 15.4 Å². The average molecular weight is 260 g/mol. The fourth-order valence-electron chi connectivity index (χ4n) is 1.36. The molecule has 92 valence electrons. The topological polar surface area (TPSA) is 104 Å². The first-order chi connectivity index (χ1) is 6.73. The van der Waals surface area contributed by atoms with Crippen LogP contribution in [0, 0.1) is 0 Å². The van der Waals surface area contributed by atoms with Gasteiger partial charge in [0.25, 0.3) is 0 Å². The van der Waals surface area contributed by atoms with Gasteiger partial charge in [0.1, 0.15) is 0 Å². The smallest absolute Gasteiger partial charge is 0.324 e. The molecule has 0 aromatic carbocycles. The molecule has 15 heavy (non-hydrogen) atoms. The Kier molecular flexibility index (Phi) is 6.26. The molecule has 0 saturated heterocycles. The van der Waals surface area contributed by atoms with Crippen LogP contribution in [-0.2, 0) is 13.4 Å². The van der Waals surface area contributed by atoms with E-state index < -0.39 is 21.1 Å². The van der Waals surface area contributed by atoms with Crippen LogP contribution in [0.25, 0.3) is 0 Å². The van der Waals surface area contributed by atoms with Crippen LogP contribution >= 0.6 is 15.4 Å². The van der Waals surface area contributed by atoms with E-state index in [1.807, 2.05) is 13.8 Å². The van der Waals surface area contributed by atoms with Gasteiger partial charge in [-0.2, -0.15) is 0 Å². The van der Waals surface area contributed by atoms with Gasteiger partial charge >= 0.3 is 15.4 Å². The molecule has 1 unspecified atom stereocenters. The normalized spacial score (nSPS) is 16.7. The third-order valence-corrected chi connectivity index (χ3v) is 5.15. The third kappa shape index (κ3) is 6.46. The fourth-order valence-corrected chi connectivity index (χ4v) is 4.28. The number of phosphoric acid groups is 1. The van der Waals surface area contributed by atoms with Crippen molar-refractivity contribution in [1.82, 2.24) is 0 Å². The maximum Gasteiger partial charge on any atom is 0.476 e. The summed E-state index contributed by atoms with van der Waals surface area (Å²) in [7, 11) is -9.12. The molecule has 0 fully saturated rings. The van der Waals surface area contributed by atoms with E-state index in [-0.39, 0.29) is 0 Å². The second kappa shape index (κ2) is 6.14. The molecule has 6 nitrogen and oxygen atoms in total. The quantitative estimate of drug-likeness (QED) is 0.606. The zero-order valence-corrected chi connectivity index (χ0v) is 10.7. The number of hydrogen-bond donors (Lipinski definition) is 3. The molecule has 0 aliphatic carbocycles. The van der Waals surface area contributed by atoms with E-state index >= 15 is 0 Å². The zero-order chi connectivity index (χ0) is 12.1. The van der Waals surface area contributed by atoms with Crippen molar-refractivity contribution < 1.29 is 28.1 Å². The summed E-state index contributed by atoms with van der Waals surface area (Å²) in [5.74, 6) is 0. The van der Waals surface area contributed by atoms with Crippen molar-refractivity contribution in [2.24, 2.45) is 0 Å². The van der Waals surface area contributed by atoms with Gasteiger partial charge < -0.3 is 14.7 Å². The molecule has 3 N–H and O–H groups in total. The van der Waals surface area contributed by atoms with Crippen LogP contribution in [0.4, 0.5) is 0 Å². The van der Waals surface area contributed by atoms with Crippen LogP contribution in [0.5, 0.6) is 0 Å². The first-order valence-electron chi connectivity index (χ1n) is 4.82. The first-order valence-corrected chi connectivity index (χ1v) is 8.00. The van der Waals surface area contributed by atoms with Gasteiger partial charge in [-0.05, 0) is 12.8 Å². The molecular weight excluding hydrogens is 242 g/mol. The molecule has 0 aliphatic heterocycles. The van der Waals surface area contributed by atoms with Crippen molar-refractivity contribution in [3.8, 4) is 0 Å². The molecule has 0 spiro atoms. The Balaban J connectivity index is 4.63. The van der Waals surface area contributed by atoms with E-state index in [4.69, 9.17) is 9.79 Å². The Labute approximate surface area is 89.4 Å². The lowest BCUT2D eigenvalue weighted by Gasteiger charge is -2.21. The highest BCUT2D eigenvalue weighted by Crippen LogP contribution is 2.61. The molecule has 0 aromatic rings. The van der Waals surface area contributed by atoms with Crippen molar-refractivity contribution in [2.45, 2.75) is 45.2 Å². The molecule has 0 amide bonds. The summed E-state index contributed by atoms with van der Waals surface area (Å²) in [6.07, 6.45) is 2.17. The first kappa shape index (κ1) is 15.3. The van der Waals surface area contributed by atoms with Crippen LogP contribution in [0.15, 0.2) is 0 Å². The Morgan fingerprint density at radius 2 is 1.47 bits per heavy atom. The predicted octanol–water partition coefficient (Wildman–Crippen LogP) is 2.25. The van der Waals surface area contributed by atoms with Crippen LogP contribution in [0.3, 0.4) is 0 Å². The van der Waals surface area contributed by atoms with Gasteiger partial charge in [-0.1, -0.05) is 26.7 Å². The Morgan fingerprint density at radius 1 is 1.07 bits per heavy atom. The van der Waals surface area contributed by atoms with Crippen LogP contribution in [0.1, 0.15) is 39.5 Å². The molecule has 0 aromatic heterocycles. The second-order valence-corrected chi connectivity index (χ2v) is 6.86. The summed E-state index contributed by atoms with van der Waals surface area (Å²) in [5.41, 5.74) is -0.694. The minimum absolute atomic E-state index is 0.418. The van der Waals surface area contributed by atoms with E-state index in [9.17, 15) is 14.0 Å². The number of hydrogen-bond acceptors (Lipinski definition) is 3. The lowest BCUT2D eigenvalue weighted by atomic mass is 10.2. The van der Waals surface area contributed by atoms with Crippen LogP contribution in [0.2, 0.25) is 0 Å². The van der Waals surface area contributed by atoms with Crippen molar-refractivity contribution in [2.75, 3.05) is 0 Å². The molecule has 0 radical (unpaired) electrons. The Bertz CT molecular complexity index is 267. The summed E-state index contributed by atoms with van der Waals surface area (Å²) in [4.78, 5) is 26.4. The molecule has 0 heterocycles. The molecule has 8 heteroatoms. The fraction of sp³-hybridized carbons (Fsp3) is 1.00. The Hall–Kier alpha value is 0.300. The summed E-state index contributed by atoms with van der Waals surface area (Å²) in [5, 5.41) is 0. The molecule has 0 aliphatic rings. The van der Waals surface area contributed by atoms with E-state index in [1.54, 1.807) is 0 Å². The average Bonchev–Trinajstić information content (AvgIpc) is 1.99. The molecule has 0 bridgehead atoms. The van der Waals surface area contributed by atoms with Gasteiger partial charge in [0.15, 0.2) is 0 Å². The molecular formula is C7H18O6P2. The highest BCUT2D eigenvalue weighted by Gasteiger charge is 2.37. The predicted molar refractivity (Wildman–Crippen MR) is 56.6 cm³/mol. The van der Waals surface area contributed by atoms with Crippen LogP contribution < -0.4 is 0 Å². The maximum atomic E-state index is 11.6. The molecule has 0 saturated carbocycles. The van der Waals surface area contributed by atoms with E-state index in [1.165, 1.54) is 0 Å². The maximum absolute atomic E-state index is 11.6. The number of rotatable bonds is 7. The third-order valence-electron chi connectivity index (χ3n) is 1.93. The van der Waals surface area contributed by atoms with Crippen molar-refractivity contribution in [3.63, 3.8) is 0 Å². The molecule has 0 rings (SSSR count). The van der Waals surface area contributed by atoms with E-state index in [2.05, 4.69) is 4.31 Å². The summed E-state index contributed by atoms with van der Waals surface area (Å²) >= 11 is 0. The van der Waals surface area contributed by atoms with E-state index in [0.717, 1.165) is 0 Å².